The van der Waals surface area contributed by atoms with E-state index < -0.39 is 0 Å². The van der Waals surface area contributed by atoms with Gasteiger partial charge in [-0.2, -0.15) is 0 Å². The Morgan fingerprint density at radius 1 is 1.00 bits per heavy atom. The van der Waals surface area contributed by atoms with Crippen LogP contribution in [0, 0.1) is 10.8 Å². The summed E-state index contributed by atoms with van der Waals surface area (Å²) >= 11 is 0. The second-order valence-electron chi connectivity index (χ2n) is 9.12. The van der Waals surface area contributed by atoms with Crippen LogP contribution < -0.4 is 11.1 Å². The lowest BCUT2D eigenvalue weighted by Crippen LogP contribution is -2.45. The van der Waals surface area contributed by atoms with Crippen molar-refractivity contribution in [2.24, 2.45) is 16.6 Å². The fourth-order valence-corrected chi connectivity index (χ4v) is 5.11. The van der Waals surface area contributed by atoms with Crippen molar-refractivity contribution < 1.29 is 0 Å². The summed E-state index contributed by atoms with van der Waals surface area (Å²) < 4.78 is 0. The lowest BCUT2D eigenvalue weighted by Gasteiger charge is -2.43. The van der Waals surface area contributed by atoms with Crippen molar-refractivity contribution in [2.45, 2.75) is 64.8 Å². The van der Waals surface area contributed by atoms with Crippen molar-refractivity contribution >= 4 is 0 Å². The second kappa shape index (κ2) is 7.66. The van der Waals surface area contributed by atoms with E-state index in [-0.39, 0.29) is 10.8 Å². The fraction of sp³-hybridized carbons (Fsp3) is 0.462. The summed E-state index contributed by atoms with van der Waals surface area (Å²) in [5, 5.41) is 3.87. The number of nitrogens with two attached hydrogens (primary N) is 1. The van der Waals surface area contributed by atoms with E-state index >= 15 is 0 Å². The highest BCUT2D eigenvalue weighted by Gasteiger charge is 2.39. The van der Waals surface area contributed by atoms with Crippen molar-refractivity contribution in [1.29, 1.82) is 0 Å². The van der Waals surface area contributed by atoms with Crippen molar-refractivity contribution in [2.75, 3.05) is 0 Å². The van der Waals surface area contributed by atoms with Crippen molar-refractivity contribution in [3.8, 4) is 0 Å². The third kappa shape index (κ3) is 3.57. The molecule has 4 aliphatic carbocycles. The lowest BCUT2D eigenvalue weighted by atomic mass is 9.65. The Labute approximate surface area is 170 Å². The molecule has 2 nitrogen and oxygen atoms in total. The summed E-state index contributed by atoms with van der Waals surface area (Å²) in [7, 11) is 0. The van der Waals surface area contributed by atoms with Crippen molar-refractivity contribution in [1.82, 2.24) is 5.32 Å². The number of nitrogens with one attached hydrogen (secondary N) is 1. The van der Waals surface area contributed by atoms with Crippen LogP contribution in [0.3, 0.4) is 0 Å². The van der Waals surface area contributed by atoms with E-state index in [0.29, 0.717) is 6.04 Å². The number of hydrogen-bond acceptors (Lipinski definition) is 2. The molecule has 148 valence electrons. The molecule has 0 aromatic carbocycles. The minimum atomic E-state index is 0.0107. The lowest BCUT2D eigenvalue weighted by molar-refractivity contribution is 0.311. The van der Waals surface area contributed by atoms with Gasteiger partial charge in [-0.05, 0) is 56.6 Å². The summed E-state index contributed by atoms with van der Waals surface area (Å²) in [4.78, 5) is 0. The molecule has 2 heteroatoms. The zero-order chi connectivity index (χ0) is 19.6. The van der Waals surface area contributed by atoms with Gasteiger partial charge in [0.1, 0.15) is 0 Å². The first-order valence-electron chi connectivity index (χ1n) is 10.9. The van der Waals surface area contributed by atoms with Crippen LogP contribution in [0.2, 0.25) is 0 Å². The van der Waals surface area contributed by atoms with E-state index in [1.54, 1.807) is 0 Å². The van der Waals surface area contributed by atoms with Crippen LogP contribution in [0.4, 0.5) is 0 Å². The molecule has 4 aliphatic rings. The fourth-order valence-electron chi connectivity index (χ4n) is 5.11. The van der Waals surface area contributed by atoms with E-state index in [1.165, 1.54) is 23.3 Å². The molecule has 0 bridgehead atoms. The van der Waals surface area contributed by atoms with Gasteiger partial charge in [0.05, 0.1) is 0 Å². The molecule has 0 amide bonds. The molecule has 4 rings (SSSR count). The Morgan fingerprint density at radius 2 is 1.89 bits per heavy atom. The third-order valence-electron chi connectivity index (χ3n) is 7.03. The summed E-state index contributed by atoms with van der Waals surface area (Å²) in [6.07, 6.45) is 30.7. The van der Waals surface area contributed by atoms with E-state index in [9.17, 15) is 0 Å². The van der Waals surface area contributed by atoms with Crippen LogP contribution >= 0.6 is 0 Å². The maximum atomic E-state index is 6.54. The Bertz CT molecular complexity index is 832. The van der Waals surface area contributed by atoms with Gasteiger partial charge in [0.25, 0.3) is 0 Å². The first-order valence-corrected chi connectivity index (χ1v) is 10.9. The SMILES string of the molecule is CC1(C2=C(N)CCC(C3(C)C=CCCC3NC3=CCCC=C3)=C2)C=CC=CC1. The molecule has 0 saturated heterocycles. The van der Waals surface area contributed by atoms with E-state index in [1.807, 2.05) is 0 Å². The topological polar surface area (TPSA) is 38.0 Å². The van der Waals surface area contributed by atoms with Crippen molar-refractivity contribution in [3.63, 3.8) is 0 Å². The highest BCUT2D eigenvalue weighted by molar-refractivity contribution is 5.45. The smallest absolute Gasteiger partial charge is 0.0389 e. The van der Waals surface area contributed by atoms with Crippen LogP contribution in [-0.4, -0.2) is 6.04 Å². The molecule has 0 heterocycles. The van der Waals surface area contributed by atoms with Crippen molar-refractivity contribution in [3.05, 3.63) is 83.3 Å². The molecule has 28 heavy (non-hydrogen) atoms. The van der Waals surface area contributed by atoms with E-state index in [2.05, 4.69) is 79.9 Å². The molecule has 0 fully saturated rings. The summed E-state index contributed by atoms with van der Waals surface area (Å²) in [5.74, 6) is 0. The number of rotatable bonds is 4. The maximum Gasteiger partial charge on any atom is 0.0389 e. The van der Waals surface area contributed by atoms with Gasteiger partial charge in [-0.25, -0.2) is 0 Å². The van der Waals surface area contributed by atoms with Crippen LogP contribution in [0.15, 0.2) is 83.3 Å². The van der Waals surface area contributed by atoms with E-state index in [0.717, 1.165) is 44.2 Å². The minimum absolute atomic E-state index is 0.0107. The molecule has 0 aliphatic heterocycles. The van der Waals surface area contributed by atoms with Gasteiger partial charge in [0.15, 0.2) is 0 Å². The number of allylic oxidation sites excluding steroid dienone is 11. The molecule has 0 spiro atoms. The number of hydrogen-bond donors (Lipinski definition) is 2. The monoisotopic (exact) mass is 374 g/mol. The highest BCUT2D eigenvalue weighted by Crippen LogP contribution is 2.47. The Balaban J connectivity index is 1.66. The van der Waals surface area contributed by atoms with Gasteiger partial charge >= 0.3 is 0 Å². The molecule has 0 aromatic rings. The zero-order valence-electron chi connectivity index (χ0n) is 17.4. The minimum Gasteiger partial charge on any atom is -0.402 e. The average Bonchev–Trinajstić information content (AvgIpc) is 2.71. The predicted octanol–water partition coefficient (Wildman–Crippen LogP) is 5.99. The maximum absolute atomic E-state index is 6.54. The average molecular weight is 375 g/mol. The third-order valence-corrected chi connectivity index (χ3v) is 7.03. The molecular weight excluding hydrogens is 340 g/mol. The molecule has 0 aromatic heterocycles. The van der Waals surface area contributed by atoms with Gasteiger partial charge in [-0.15, -0.1) is 0 Å². The molecule has 0 saturated carbocycles. The Morgan fingerprint density at radius 3 is 2.64 bits per heavy atom. The molecule has 0 radical (unpaired) electrons. The first-order chi connectivity index (χ1) is 13.5. The zero-order valence-corrected chi connectivity index (χ0v) is 17.4. The Hall–Kier alpha value is -2.22. The molecule has 3 atom stereocenters. The van der Waals surface area contributed by atoms with Crippen LogP contribution in [0.25, 0.3) is 0 Å². The normalized spacial score (nSPS) is 35.0. The van der Waals surface area contributed by atoms with Crippen LogP contribution in [-0.2, 0) is 0 Å². The molecule has 3 N–H and O–H groups in total. The molecular formula is C26H34N2. The van der Waals surface area contributed by atoms with Gasteiger partial charge in [-0.1, -0.05) is 74.1 Å². The van der Waals surface area contributed by atoms with E-state index in [4.69, 9.17) is 5.73 Å². The summed E-state index contributed by atoms with van der Waals surface area (Å²) in [6, 6.07) is 0.424. The summed E-state index contributed by atoms with van der Waals surface area (Å²) in [6.45, 7) is 4.73. The predicted molar refractivity (Wildman–Crippen MR) is 119 cm³/mol. The largest absolute Gasteiger partial charge is 0.402 e. The standard InChI is InChI=1S/C26H34N2/c1-25(16-8-4-9-17-25)22-19-20(14-15-23(22)27)26(2)18-10-7-13-24(26)28-21-11-5-3-6-12-21/h4-5,8-12,16,18-19,24,28H,3,6-7,13-15,17,27H2,1-2H3. The van der Waals surface area contributed by atoms with Gasteiger partial charge in [-0.3, -0.25) is 0 Å². The molecule has 3 unspecified atom stereocenters. The Kier molecular flexibility index (Phi) is 5.23. The quantitative estimate of drug-likeness (QED) is 0.593. The van der Waals surface area contributed by atoms with Crippen LogP contribution in [0.5, 0.6) is 0 Å². The highest BCUT2D eigenvalue weighted by atomic mass is 14.9. The van der Waals surface area contributed by atoms with Gasteiger partial charge in [0.2, 0.25) is 0 Å². The van der Waals surface area contributed by atoms with Gasteiger partial charge < -0.3 is 11.1 Å². The summed E-state index contributed by atoms with van der Waals surface area (Å²) in [5.41, 5.74) is 11.8. The second-order valence-corrected chi connectivity index (χ2v) is 9.12. The first kappa shape index (κ1) is 19.1. The van der Waals surface area contributed by atoms with Crippen LogP contribution in [0.1, 0.15) is 58.8 Å². The van der Waals surface area contributed by atoms with Gasteiger partial charge in [0, 0.05) is 28.3 Å².